The van der Waals surface area contributed by atoms with E-state index in [2.05, 4.69) is 15.2 Å². The molecule has 2 aromatic heterocycles. The molecule has 0 aromatic carbocycles. The molecule has 2 heterocycles. The molecule has 5 heteroatoms. The third-order valence-electron chi connectivity index (χ3n) is 1.73. The number of pyridine rings is 2. The molecule has 0 fully saturated rings. The van der Waals surface area contributed by atoms with Gasteiger partial charge in [-0.2, -0.15) is 15.0 Å². The van der Waals surface area contributed by atoms with E-state index in [4.69, 9.17) is 0 Å². The van der Waals surface area contributed by atoms with Crippen molar-refractivity contribution in [2.45, 2.75) is 0 Å². The van der Waals surface area contributed by atoms with Crippen LogP contribution in [0, 0.1) is 5.21 Å². The van der Waals surface area contributed by atoms with Crippen molar-refractivity contribution in [1.82, 2.24) is 4.98 Å². The van der Waals surface area contributed by atoms with Gasteiger partial charge in [-0.15, -0.1) is 0 Å². The molecule has 2 rings (SSSR count). The van der Waals surface area contributed by atoms with E-state index in [1.54, 1.807) is 36.7 Å². The molecule has 0 atom stereocenters. The Balaban J connectivity index is 2.15. The lowest BCUT2D eigenvalue weighted by Gasteiger charge is -1.94. The van der Waals surface area contributed by atoms with Gasteiger partial charge in [0.1, 0.15) is 0 Å². The van der Waals surface area contributed by atoms with Gasteiger partial charge in [-0.05, 0) is 12.1 Å². The lowest BCUT2D eigenvalue weighted by atomic mass is 10.4. The lowest BCUT2D eigenvalue weighted by molar-refractivity contribution is -0.605. The summed E-state index contributed by atoms with van der Waals surface area (Å²) in [5, 5.41) is 18.7. The molecule has 0 saturated heterocycles. The van der Waals surface area contributed by atoms with Crippen molar-refractivity contribution in [3.8, 4) is 0 Å². The summed E-state index contributed by atoms with van der Waals surface area (Å²) in [5.41, 5.74) is 1.36. The Kier molecular flexibility index (Phi) is 2.64. The van der Waals surface area contributed by atoms with Crippen molar-refractivity contribution in [2.24, 2.45) is 10.2 Å². The van der Waals surface area contributed by atoms with Crippen LogP contribution in [0.15, 0.2) is 59.3 Å². The largest absolute Gasteiger partial charge is 0.619 e. The molecule has 0 saturated carbocycles. The monoisotopic (exact) mass is 200 g/mol. The SMILES string of the molecule is [O-][n+]1ccc(N=Nc2ccncc2)cc1. The van der Waals surface area contributed by atoms with Gasteiger partial charge in [-0.1, -0.05) is 0 Å². The van der Waals surface area contributed by atoms with Crippen LogP contribution < -0.4 is 4.73 Å². The molecule has 0 spiro atoms. The first-order valence-electron chi connectivity index (χ1n) is 4.35. The molecule has 0 bridgehead atoms. The number of azo groups is 1. The zero-order valence-electron chi connectivity index (χ0n) is 7.82. The van der Waals surface area contributed by atoms with Crippen LogP contribution in [0.25, 0.3) is 0 Å². The predicted molar refractivity (Wildman–Crippen MR) is 53.8 cm³/mol. The van der Waals surface area contributed by atoms with Crippen molar-refractivity contribution >= 4 is 11.4 Å². The maximum atomic E-state index is 10.7. The zero-order valence-corrected chi connectivity index (χ0v) is 7.82. The van der Waals surface area contributed by atoms with Gasteiger partial charge in [-0.3, -0.25) is 4.98 Å². The summed E-state index contributed by atoms with van der Waals surface area (Å²) in [6, 6.07) is 6.69. The molecule has 0 N–H and O–H groups in total. The molecule has 5 nitrogen and oxygen atoms in total. The summed E-state index contributed by atoms with van der Waals surface area (Å²) in [6.07, 6.45) is 6.04. The highest BCUT2D eigenvalue weighted by molar-refractivity contribution is 5.36. The minimum absolute atomic E-state index is 0.638. The molecule has 0 radical (unpaired) electrons. The van der Waals surface area contributed by atoms with Gasteiger partial charge < -0.3 is 5.21 Å². The Bertz CT molecular complexity index is 453. The number of hydrogen-bond donors (Lipinski definition) is 0. The van der Waals surface area contributed by atoms with Crippen LogP contribution in [0.3, 0.4) is 0 Å². The Morgan fingerprint density at radius 1 is 0.933 bits per heavy atom. The first kappa shape index (κ1) is 9.26. The smallest absolute Gasteiger partial charge is 0.182 e. The molecular formula is C10H8N4O. The second-order valence-corrected chi connectivity index (χ2v) is 2.82. The molecular weight excluding hydrogens is 192 g/mol. The summed E-state index contributed by atoms with van der Waals surface area (Å²) in [7, 11) is 0. The maximum absolute atomic E-state index is 10.7. The van der Waals surface area contributed by atoms with Crippen molar-refractivity contribution in [2.75, 3.05) is 0 Å². The Morgan fingerprint density at radius 3 is 2.07 bits per heavy atom. The molecule has 15 heavy (non-hydrogen) atoms. The molecule has 0 aliphatic carbocycles. The molecule has 2 aromatic rings. The lowest BCUT2D eigenvalue weighted by Crippen LogP contribution is -2.22. The maximum Gasteiger partial charge on any atom is 0.182 e. The predicted octanol–water partition coefficient (Wildman–Crippen LogP) is 2.13. The van der Waals surface area contributed by atoms with E-state index in [0.717, 1.165) is 5.69 Å². The van der Waals surface area contributed by atoms with Gasteiger partial charge in [0.25, 0.3) is 0 Å². The normalized spacial score (nSPS) is 10.7. The quantitative estimate of drug-likeness (QED) is 0.423. The van der Waals surface area contributed by atoms with Gasteiger partial charge in [0.05, 0.1) is 11.4 Å². The second-order valence-electron chi connectivity index (χ2n) is 2.82. The highest BCUT2D eigenvalue weighted by atomic mass is 16.5. The van der Waals surface area contributed by atoms with E-state index < -0.39 is 0 Å². The number of aromatic nitrogens is 2. The first-order chi connectivity index (χ1) is 7.34. The van der Waals surface area contributed by atoms with E-state index in [-0.39, 0.29) is 0 Å². The van der Waals surface area contributed by atoms with E-state index in [9.17, 15) is 5.21 Å². The van der Waals surface area contributed by atoms with Gasteiger partial charge in [0.15, 0.2) is 12.4 Å². The Labute approximate surface area is 86.3 Å². The fourth-order valence-corrected chi connectivity index (χ4v) is 0.998. The van der Waals surface area contributed by atoms with Gasteiger partial charge in [-0.25, -0.2) is 0 Å². The number of hydrogen-bond acceptors (Lipinski definition) is 4. The average molecular weight is 200 g/mol. The van der Waals surface area contributed by atoms with Gasteiger partial charge in [0, 0.05) is 24.5 Å². The van der Waals surface area contributed by atoms with Crippen molar-refractivity contribution in [3.63, 3.8) is 0 Å². The molecule has 0 aliphatic rings. The average Bonchev–Trinajstić information content (AvgIpc) is 2.30. The van der Waals surface area contributed by atoms with Crippen molar-refractivity contribution in [1.29, 1.82) is 0 Å². The van der Waals surface area contributed by atoms with E-state index in [1.165, 1.54) is 12.4 Å². The second kappa shape index (κ2) is 4.28. The van der Waals surface area contributed by atoms with Gasteiger partial charge >= 0.3 is 0 Å². The summed E-state index contributed by atoms with van der Waals surface area (Å²) < 4.78 is 0.700. The van der Waals surface area contributed by atoms with Crippen molar-refractivity contribution in [3.05, 3.63) is 54.3 Å². The van der Waals surface area contributed by atoms with Crippen LogP contribution in [0.4, 0.5) is 11.4 Å². The highest BCUT2D eigenvalue weighted by Crippen LogP contribution is 2.15. The minimum atomic E-state index is 0.638. The van der Waals surface area contributed by atoms with Crippen LogP contribution in [-0.2, 0) is 0 Å². The van der Waals surface area contributed by atoms with Crippen LogP contribution in [0.5, 0.6) is 0 Å². The molecule has 0 amide bonds. The molecule has 74 valence electrons. The van der Waals surface area contributed by atoms with Crippen molar-refractivity contribution < 1.29 is 4.73 Å². The number of rotatable bonds is 2. The fourth-order valence-electron chi connectivity index (χ4n) is 0.998. The zero-order chi connectivity index (χ0) is 10.5. The topological polar surface area (TPSA) is 64.5 Å². The van der Waals surface area contributed by atoms with E-state index in [0.29, 0.717) is 10.4 Å². The number of nitrogens with zero attached hydrogens (tertiary/aromatic N) is 4. The Hall–Kier alpha value is -2.30. The third kappa shape index (κ3) is 2.57. The summed E-state index contributed by atoms with van der Waals surface area (Å²) >= 11 is 0. The van der Waals surface area contributed by atoms with E-state index in [1.807, 2.05) is 0 Å². The first-order valence-corrected chi connectivity index (χ1v) is 4.35. The van der Waals surface area contributed by atoms with Crippen LogP contribution in [-0.4, -0.2) is 4.98 Å². The highest BCUT2D eigenvalue weighted by Gasteiger charge is 1.92. The summed E-state index contributed by atoms with van der Waals surface area (Å²) in [6.45, 7) is 0. The van der Waals surface area contributed by atoms with Gasteiger partial charge in [0.2, 0.25) is 0 Å². The van der Waals surface area contributed by atoms with E-state index >= 15 is 0 Å². The molecule has 0 unspecified atom stereocenters. The fraction of sp³-hybridized carbons (Fsp3) is 0. The standard InChI is InChI=1S/C10H8N4O/c15-14-7-3-10(4-8-14)13-12-9-1-5-11-6-2-9/h1-8H. The summed E-state index contributed by atoms with van der Waals surface area (Å²) in [5.74, 6) is 0. The summed E-state index contributed by atoms with van der Waals surface area (Å²) in [4.78, 5) is 3.87. The molecule has 0 aliphatic heterocycles. The van der Waals surface area contributed by atoms with Crippen LogP contribution in [0.2, 0.25) is 0 Å². The van der Waals surface area contributed by atoms with Crippen LogP contribution >= 0.6 is 0 Å². The third-order valence-corrected chi connectivity index (χ3v) is 1.73. The van der Waals surface area contributed by atoms with Crippen LogP contribution in [0.1, 0.15) is 0 Å². The minimum Gasteiger partial charge on any atom is -0.619 e. The Morgan fingerprint density at radius 2 is 1.47 bits per heavy atom.